The first kappa shape index (κ1) is 33.4. The van der Waals surface area contributed by atoms with Crippen LogP contribution in [0.15, 0.2) is 60.2 Å². The second-order valence-electron chi connectivity index (χ2n) is 12.4. The summed E-state index contributed by atoms with van der Waals surface area (Å²) in [5.74, 6) is 1.55. The van der Waals surface area contributed by atoms with Crippen LogP contribution in [0.5, 0.6) is 17.4 Å². The van der Waals surface area contributed by atoms with Gasteiger partial charge < -0.3 is 28.7 Å². The largest absolute Gasteiger partial charge is 0.497 e. The second kappa shape index (κ2) is 14.2. The van der Waals surface area contributed by atoms with Crippen LogP contribution in [-0.2, 0) is 22.7 Å². The Morgan fingerprint density at radius 1 is 1.00 bits per heavy atom. The molecular weight excluding hydrogens is 629 g/mol. The summed E-state index contributed by atoms with van der Waals surface area (Å²) < 4.78 is 22.5. The summed E-state index contributed by atoms with van der Waals surface area (Å²) in [6.07, 6.45) is 1.73. The van der Waals surface area contributed by atoms with Gasteiger partial charge >= 0.3 is 6.09 Å². The Balaban J connectivity index is 1.46. The van der Waals surface area contributed by atoms with E-state index in [0.717, 1.165) is 29.5 Å². The maximum absolute atomic E-state index is 14.5. The molecule has 0 bridgehead atoms. The molecule has 2 aromatic carbocycles. The number of hydrogen-bond donors (Lipinski definition) is 0. The van der Waals surface area contributed by atoms with Gasteiger partial charge in [-0.3, -0.25) is 4.79 Å². The van der Waals surface area contributed by atoms with Gasteiger partial charge in [0.2, 0.25) is 5.88 Å². The normalized spacial score (nSPS) is 15.0. The van der Waals surface area contributed by atoms with Crippen molar-refractivity contribution in [2.75, 3.05) is 27.3 Å². The summed E-state index contributed by atoms with van der Waals surface area (Å²) >= 11 is 12.8. The van der Waals surface area contributed by atoms with Crippen molar-refractivity contribution in [2.24, 2.45) is 0 Å². The minimum Gasteiger partial charge on any atom is -0.497 e. The molecule has 5 rings (SSSR count). The fourth-order valence-electron chi connectivity index (χ4n) is 5.28. The van der Waals surface area contributed by atoms with Gasteiger partial charge in [-0.05, 0) is 81.0 Å². The highest BCUT2D eigenvalue weighted by Gasteiger charge is 2.38. The van der Waals surface area contributed by atoms with E-state index in [0.29, 0.717) is 58.2 Å². The average Bonchev–Trinajstić information content (AvgIpc) is 3.88. The van der Waals surface area contributed by atoms with Crippen LogP contribution in [0.3, 0.4) is 0 Å². The number of benzene rings is 2. The van der Waals surface area contributed by atoms with Gasteiger partial charge in [-0.1, -0.05) is 41.4 Å². The molecule has 0 saturated heterocycles. The first-order valence-electron chi connectivity index (χ1n) is 15.2. The van der Waals surface area contributed by atoms with Crippen LogP contribution in [0.4, 0.5) is 4.79 Å². The Morgan fingerprint density at radius 3 is 2.35 bits per heavy atom. The number of rotatable bonds is 10. The lowest BCUT2D eigenvalue weighted by Gasteiger charge is -2.34. The van der Waals surface area contributed by atoms with E-state index in [1.807, 2.05) is 62.1 Å². The summed E-state index contributed by atoms with van der Waals surface area (Å²) in [6.45, 7) is 6.46. The summed E-state index contributed by atoms with van der Waals surface area (Å²) in [5, 5.41) is 0.862. The maximum atomic E-state index is 14.5. The lowest BCUT2D eigenvalue weighted by atomic mass is 9.95. The Labute approximate surface area is 280 Å². The zero-order valence-electron chi connectivity index (χ0n) is 26.8. The summed E-state index contributed by atoms with van der Waals surface area (Å²) in [5.41, 5.74) is 2.81. The van der Waals surface area contributed by atoms with Crippen molar-refractivity contribution in [1.82, 2.24) is 14.8 Å². The number of methoxy groups -OCH3 is 2. The fourth-order valence-corrected chi connectivity index (χ4v) is 5.66. The Bertz CT molecular complexity index is 1610. The molecule has 2 aliphatic rings. The van der Waals surface area contributed by atoms with E-state index in [-0.39, 0.29) is 25.1 Å². The number of carbonyl (C=O) groups excluding carboxylic acids is 2. The predicted molar refractivity (Wildman–Crippen MR) is 177 cm³/mol. The Hall–Kier alpha value is -3.95. The van der Waals surface area contributed by atoms with Crippen LogP contribution < -0.4 is 14.2 Å². The number of aromatic nitrogens is 1. The SMILES string of the molecule is COc1cc(COc2cccc(C3=C(C(=O)N(Cc4cccc(Cl)c4Cl)C4CC4)CN(C(=O)OC(C)(C)C)CC3)n2)cc(OC)c1. The number of halogens is 2. The Morgan fingerprint density at radius 2 is 1.70 bits per heavy atom. The van der Waals surface area contributed by atoms with Crippen molar-refractivity contribution in [1.29, 1.82) is 0 Å². The molecule has 2 heterocycles. The number of ether oxygens (including phenoxy) is 4. The van der Waals surface area contributed by atoms with E-state index in [2.05, 4.69) is 0 Å². The standard InChI is InChI=1S/C35H39Cl2N3O6/c1-35(2,3)46-34(42)39-15-14-27(28(20-39)33(41)40(24-12-13-24)19-23-8-6-9-29(36)32(23)37)30-10-7-11-31(38-30)45-21-22-16-25(43-4)18-26(17-22)44-5/h6-11,16-18,24H,12-15,19-21H2,1-5H3. The van der Waals surface area contributed by atoms with Crippen molar-refractivity contribution in [3.8, 4) is 17.4 Å². The first-order valence-corrected chi connectivity index (χ1v) is 16.0. The number of carbonyl (C=O) groups is 2. The highest BCUT2D eigenvalue weighted by molar-refractivity contribution is 6.42. The molecule has 1 saturated carbocycles. The fraction of sp³-hybridized carbons (Fsp3) is 0.400. The highest BCUT2D eigenvalue weighted by Crippen LogP contribution is 2.36. The molecule has 1 aliphatic heterocycles. The monoisotopic (exact) mass is 667 g/mol. The van der Waals surface area contributed by atoms with Gasteiger partial charge in [0.15, 0.2) is 0 Å². The Kier molecular flexibility index (Phi) is 10.3. The van der Waals surface area contributed by atoms with Crippen LogP contribution in [0.25, 0.3) is 5.57 Å². The molecule has 0 spiro atoms. The number of pyridine rings is 1. The molecule has 0 atom stereocenters. The molecule has 3 aromatic rings. The smallest absolute Gasteiger partial charge is 0.410 e. The minimum absolute atomic E-state index is 0.0654. The van der Waals surface area contributed by atoms with Crippen LogP contribution in [0.2, 0.25) is 10.0 Å². The van der Waals surface area contributed by atoms with Gasteiger partial charge in [0.1, 0.15) is 23.7 Å². The van der Waals surface area contributed by atoms with E-state index < -0.39 is 11.7 Å². The average molecular weight is 669 g/mol. The topological polar surface area (TPSA) is 90.4 Å². The van der Waals surface area contributed by atoms with E-state index in [4.69, 9.17) is 47.1 Å². The first-order chi connectivity index (χ1) is 22.0. The van der Waals surface area contributed by atoms with E-state index in [1.165, 1.54) is 0 Å². The quantitative estimate of drug-likeness (QED) is 0.220. The zero-order chi connectivity index (χ0) is 33.0. The lowest BCUT2D eigenvalue weighted by Crippen LogP contribution is -2.44. The highest BCUT2D eigenvalue weighted by atomic mass is 35.5. The van der Waals surface area contributed by atoms with Crippen LogP contribution in [0.1, 0.15) is 56.9 Å². The molecule has 244 valence electrons. The lowest BCUT2D eigenvalue weighted by molar-refractivity contribution is -0.128. The molecule has 0 N–H and O–H groups in total. The minimum atomic E-state index is -0.672. The molecular formula is C35H39Cl2N3O6. The van der Waals surface area contributed by atoms with Gasteiger partial charge in [0.05, 0.1) is 36.5 Å². The van der Waals surface area contributed by atoms with Crippen molar-refractivity contribution >= 4 is 40.8 Å². The van der Waals surface area contributed by atoms with Gasteiger partial charge in [-0.25, -0.2) is 9.78 Å². The molecule has 46 heavy (non-hydrogen) atoms. The van der Waals surface area contributed by atoms with E-state index >= 15 is 0 Å². The summed E-state index contributed by atoms with van der Waals surface area (Å²) in [6, 6.07) is 16.5. The number of hydrogen-bond acceptors (Lipinski definition) is 7. The van der Waals surface area contributed by atoms with Crippen LogP contribution in [-0.4, -0.2) is 65.7 Å². The number of nitrogens with zero attached hydrogens (tertiary/aromatic N) is 3. The molecule has 1 aliphatic carbocycles. The molecule has 2 amide bonds. The summed E-state index contributed by atoms with van der Waals surface area (Å²) in [4.78, 5) is 35.8. The molecule has 0 unspecified atom stereocenters. The molecule has 1 aromatic heterocycles. The van der Waals surface area contributed by atoms with Crippen molar-refractivity contribution in [3.63, 3.8) is 0 Å². The zero-order valence-corrected chi connectivity index (χ0v) is 28.3. The van der Waals surface area contributed by atoms with Gasteiger partial charge in [-0.15, -0.1) is 0 Å². The van der Waals surface area contributed by atoms with Gasteiger partial charge in [0, 0.05) is 36.8 Å². The third kappa shape index (κ3) is 8.25. The third-order valence-corrected chi connectivity index (χ3v) is 8.56. The van der Waals surface area contributed by atoms with E-state index in [9.17, 15) is 9.59 Å². The van der Waals surface area contributed by atoms with Crippen LogP contribution >= 0.6 is 23.2 Å². The van der Waals surface area contributed by atoms with Gasteiger partial charge in [0.25, 0.3) is 5.91 Å². The molecule has 0 radical (unpaired) electrons. The van der Waals surface area contributed by atoms with Crippen molar-refractivity contribution < 1.29 is 28.5 Å². The second-order valence-corrected chi connectivity index (χ2v) is 13.1. The van der Waals surface area contributed by atoms with Crippen LogP contribution in [0, 0.1) is 0 Å². The van der Waals surface area contributed by atoms with Gasteiger partial charge in [-0.2, -0.15) is 0 Å². The maximum Gasteiger partial charge on any atom is 0.410 e. The summed E-state index contributed by atoms with van der Waals surface area (Å²) in [7, 11) is 3.19. The number of amides is 2. The van der Waals surface area contributed by atoms with Crippen molar-refractivity contribution in [3.05, 3.63) is 87.0 Å². The predicted octanol–water partition coefficient (Wildman–Crippen LogP) is 7.57. The molecule has 1 fully saturated rings. The van der Waals surface area contributed by atoms with Crippen molar-refractivity contribution in [2.45, 2.75) is 64.8 Å². The van der Waals surface area contributed by atoms with E-state index in [1.54, 1.807) is 37.3 Å². The third-order valence-electron chi connectivity index (χ3n) is 7.71. The molecule has 11 heteroatoms. The molecule has 9 nitrogen and oxygen atoms in total.